The molecule has 2 fully saturated rings. The van der Waals surface area contributed by atoms with E-state index in [4.69, 9.17) is 0 Å². The van der Waals surface area contributed by atoms with Gasteiger partial charge < -0.3 is 15.7 Å². The Morgan fingerprint density at radius 3 is 2.43 bits per heavy atom. The zero-order chi connectivity index (χ0) is 15.8. The molecule has 4 amide bonds. The average molecular weight is 297 g/mol. The highest BCUT2D eigenvalue weighted by atomic mass is 16.4. The number of likely N-dealkylation sites (tertiary alicyclic amines) is 1. The van der Waals surface area contributed by atoms with E-state index in [1.165, 1.54) is 14.0 Å². The fourth-order valence-corrected chi connectivity index (χ4v) is 2.47. The van der Waals surface area contributed by atoms with Gasteiger partial charge in [-0.2, -0.15) is 0 Å². The number of imide groups is 1. The zero-order valence-electron chi connectivity index (χ0n) is 12.0. The number of piperidine rings is 1. The summed E-state index contributed by atoms with van der Waals surface area (Å²) in [5, 5.41) is 14.2. The first-order chi connectivity index (χ1) is 9.75. The Balaban J connectivity index is 1.97. The molecule has 0 aromatic carbocycles. The molecule has 0 aromatic heterocycles. The van der Waals surface area contributed by atoms with Gasteiger partial charge in [-0.05, 0) is 32.1 Å². The predicted octanol–water partition coefficient (Wildman–Crippen LogP) is -0.314. The molecule has 1 saturated heterocycles. The first-order valence-corrected chi connectivity index (χ1v) is 6.88. The van der Waals surface area contributed by atoms with Crippen LogP contribution in [0.3, 0.4) is 0 Å². The van der Waals surface area contributed by atoms with Crippen molar-refractivity contribution in [1.82, 2.24) is 15.5 Å². The van der Waals surface area contributed by atoms with Gasteiger partial charge in [0.25, 0.3) is 5.91 Å². The summed E-state index contributed by atoms with van der Waals surface area (Å²) in [5.41, 5.74) is -1.33. The van der Waals surface area contributed by atoms with Crippen molar-refractivity contribution in [2.75, 3.05) is 7.05 Å². The molecular weight excluding hydrogens is 278 g/mol. The molecule has 2 unspecified atom stereocenters. The Kier molecular flexibility index (Phi) is 3.89. The molecule has 2 rings (SSSR count). The minimum Gasteiger partial charge on any atom is -0.480 e. The van der Waals surface area contributed by atoms with Crippen LogP contribution in [0.5, 0.6) is 0 Å². The molecule has 0 bridgehead atoms. The molecule has 116 valence electrons. The van der Waals surface area contributed by atoms with Crippen molar-refractivity contribution in [2.24, 2.45) is 5.92 Å². The molecule has 2 aliphatic rings. The van der Waals surface area contributed by atoms with E-state index in [2.05, 4.69) is 10.6 Å². The van der Waals surface area contributed by atoms with E-state index in [1.54, 1.807) is 0 Å². The lowest BCUT2D eigenvalue weighted by molar-refractivity contribution is -0.147. The number of carbonyl (C=O) groups is 4. The molecule has 1 heterocycles. The second-order valence-electron chi connectivity index (χ2n) is 5.76. The van der Waals surface area contributed by atoms with Crippen LogP contribution in [0.2, 0.25) is 0 Å². The lowest BCUT2D eigenvalue weighted by atomic mass is 9.96. The van der Waals surface area contributed by atoms with E-state index < -0.39 is 29.5 Å². The van der Waals surface area contributed by atoms with Gasteiger partial charge in [-0.15, -0.1) is 0 Å². The van der Waals surface area contributed by atoms with Crippen LogP contribution >= 0.6 is 0 Å². The minimum atomic E-state index is -1.33. The number of carbonyl (C=O) groups excluding carboxylic acids is 3. The van der Waals surface area contributed by atoms with Gasteiger partial charge in [-0.3, -0.25) is 14.5 Å². The van der Waals surface area contributed by atoms with E-state index in [0.717, 1.165) is 17.7 Å². The van der Waals surface area contributed by atoms with Crippen LogP contribution in [-0.4, -0.2) is 52.4 Å². The van der Waals surface area contributed by atoms with E-state index >= 15 is 0 Å². The van der Waals surface area contributed by atoms with Crippen molar-refractivity contribution in [3.8, 4) is 0 Å². The third kappa shape index (κ3) is 2.98. The lowest BCUT2D eigenvalue weighted by Gasteiger charge is -2.30. The molecule has 0 radical (unpaired) electrons. The molecule has 8 nitrogen and oxygen atoms in total. The average Bonchev–Trinajstić information content (AvgIpc) is 3.24. The number of carboxylic acid groups (broad SMARTS) is 1. The van der Waals surface area contributed by atoms with E-state index in [1.807, 2.05) is 0 Å². The normalized spacial score (nSPS) is 25.2. The van der Waals surface area contributed by atoms with Gasteiger partial charge >= 0.3 is 12.0 Å². The maximum Gasteiger partial charge on any atom is 0.329 e. The Morgan fingerprint density at radius 2 is 1.90 bits per heavy atom. The third-order valence-corrected chi connectivity index (χ3v) is 4.17. The monoisotopic (exact) mass is 297 g/mol. The van der Waals surface area contributed by atoms with Gasteiger partial charge in [0.2, 0.25) is 5.91 Å². The van der Waals surface area contributed by atoms with Crippen LogP contribution in [-0.2, 0) is 14.4 Å². The molecule has 0 aromatic rings. The summed E-state index contributed by atoms with van der Waals surface area (Å²) in [6, 6.07) is -1.50. The fraction of sp³-hybridized carbons (Fsp3) is 0.692. The molecular formula is C13H19N3O5. The molecule has 0 spiro atoms. The van der Waals surface area contributed by atoms with Crippen molar-refractivity contribution in [1.29, 1.82) is 0 Å². The smallest absolute Gasteiger partial charge is 0.329 e. The van der Waals surface area contributed by atoms with Gasteiger partial charge in [0.1, 0.15) is 11.6 Å². The summed E-state index contributed by atoms with van der Waals surface area (Å²) in [6.07, 6.45) is 1.90. The van der Waals surface area contributed by atoms with Crippen molar-refractivity contribution in [2.45, 2.75) is 44.2 Å². The summed E-state index contributed by atoms with van der Waals surface area (Å²) in [6.45, 7) is 1.46. The SMILES string of the molecule is CN1C(=O)CCC(NC(=O)NC(C)(C(=O)O)C2CC2)C1=O. The number of rotatable bonds is 4. The second-order valence-corrected chi connectivity index (χ2v) is 5.76. The first kappa shape index (κ1) is 15.3. The molecule has 1 saturated carbocycles. The quantitative estimate of drug-likeness (QED) is 0.615. The van der Waals surface area contributed by atoms with Crippen molar-refractivity contribution < 1.29 is 24.3 Å². The number of hydrogen-bond donors (Lipinski definition) is 3. The summed E-state index contributed by atoms with van der Waals surface area (Å²) >= 11 is 0. The number of aliphatic carboxylic acids is 1. The van der Waals surface area contributed by atoms with Gasteiger partial charge in [-0.25, -0.2) is 9.59 Å². The van der Waals surface area contributed by atoms with Crippen LogP contribution in [0.25, 0.3) is 0 Å². The summed E-state index contributed by atoms with van der Waals surface area (Å²) < 4.78 is 0. The standard InChI is InChI=1S/C13H19N3O5/c1-13(11(19)20,7-3-4-7)15-12(21)14-8-5-6-9(17)16(2)10(8)18/h7-8H,3-6H2,1-2H3,(H,19,20)(H2,14,15,21). The van der Waals surface area contributed by atoms with Gasteiger partial charge in [0.05, 0.1) is 0 Å². The van der Waals surface area contributed by atoms with E-state index in [9.17, 15) is 24.3 Å². The van der Waals surface area contributed by atoms with E-state index in [0.29, 0.717) is 0 Å². The van der Waals surface area contributed by atoms with Crippen molar-refractivity contribution in [3.63, 3.8) is 0 Å². The number of nitrogens with one attached hydrogen (secondary N) is 2. The number of hydrogen-bond acceptors (Lipinski definition) is 4. The van der Waals surface area contributed by atoms with Crippen LogP contribution < -0.4 is 10.6 Å². The van der Waals surface area contributed by atoms with Crippen molar-refractivity contribution >= 4 is 23.8 Å². The van der Waals surface area contributed by atoms with Gasteiger partial charge in [0.15, 0.2) is 0 Å². The molecule has 21 heavy (non-hydrogen) atoms. The van der Waals surface area contributed by atoms with Gasteiger partial charge in [0, 0.05) is 13.5 Å². The minimum absolute atomic E-state index is 0.0907. The molecule has 3 N–H and O–H groups in total. The van der Waals surface area contributed by atoms with Crippen LogP contribution in [0, 0.1) is 5.92 Å². The molecule has 2 atom stereocenters. The molecule has 8 heteroatoms. The highest BCUT2D eigenvalue weighted by molar-refractivity contribution is 6.01. The number of likely N-dealkylation sites (N-methyl/N-ethyl adjacent to an activating group) is 1. The van der Waals surface area contributed by atoms with Crippen molar-refractivity contribution in [3.05, 3.63) is 0 Å². The Hall–Kier alpha value is -2.12. The third-order valence-electron chi connectivity index (χ3n) is 4.17. The Labute approximate surface area is 121 Å². The molecule has 1 aliphatic heterocycles. The van der Waals surface area contributed by atoms with Gasteiger partial charge in [-0.1, -0.05) is 0 Å². The maximum absolute atomic E-state index is 12.0. The van der Waals surface area contributed by atoms with E-state index in [-0.39, 0.29) is 24.7 Å². The van der Waals surface area contributed by atoms with Crippen LogP contribution in [0.4, 0.5) is 4.79 Å². The second kappa shape index (κ2) is 5.34. The first-order valence-electron chi connectivity index (χ1n) is 6.88. The summed E-state index contributed by atoms with van der Waals surface area (Å²) in [7, 11) is 1.36. The number of carboxylic acids is 1. The fourth-order valence-electron chi connectivity index (χ4n) is 2.47. The highest BCUT2D eigenvalue weighted by Gasteiger charge is 2.49. The zero-order valence-corrected chi connectivity index (χ0v) is 12.0. The maximum atomic E-state index is 12.0. The number of nitrogens with zero attached hydrogens (tertiary/aromatic N) is 1. The summed E-state index contributed by atoms with van der Waals surface area (Å²) in [5.74, 6) is -1.95. The largest absolute Gasteiger partial charge is 0.480 e. The lowest BCUT2D eigenvalue weighted by Crippen LogP contribution is -2.60. The Morgan fingerprint density at radius 1 is 1.29 bits per heavy atom. The molecule has 1 aliphatic carbocycles. The number of amides is 4. The predicted molar refractivity (Wildman–Crippen MR) is 71.2 cm³/mol. The van der Waals surface area contributed by atoms with Crippen LogP contribution in [0.1, 0.15) is 32.6 Å². The topological polar surface area (TPSA) is 116 Å². The number of urea groups is 1. The Bertz CT molecular complexity index is 502. The highest BCUT2D eigenvalue weighted by Crippen LogP contribution is 2.39. The summed E-state index contributed by atoms with van der Waals surface area (Å²) in [4.78, 5) is 47.5. The van der Waals surface area contributed by atoms with Crippen LogP contribution in [0.15, 0.2) is 0 Å².